The fourth-order valence-electron chi connectivity index (χ4n) is 2.72. The van der Waals surface area contributed by atoms with Crippen LogP contribution in [0.15, 0.2) is 46.1 Å². The molecule has 0 spiro atoms. The van der Waals surface area contributed by atoms with E-state index in [-0.39, 0.29) is 6.54 Å². The Morgan fingerprint density at radius 3 is 2.43 bits per heavy atom. The molecule has 1 aliphatic rings. The van der Waals surface area contributed by atoms with Gasteiger partial charge in [0.05, 0.1) is 12.0 Å². The largest absolute Gasteiger partial charge is 0.481 e. The molecule has 0 bridgehead atoms. The summed E-state index contributed by atoms with van der Waals surface area (Å²) in [5, 5.41) is 9.30. The molecule has 1 saturated carbocycles. The first-order chi connectivity index (χ1) is 10.9. The van der Waals surface area contributed by atoms with Crippen LogP contribution in [-0.4, -0.2) is 20.2 Å². The van der Waals surface area contributed by atoms with Crippen LogP contribution in [0.4, 0.5) is 0 Å². The van der Waals surface area contributed by atoms with E-state index in [1.54, 1.807) is 6.92 Å². The molecular formula is C17H18N2O4. The van der Waals surface area contributed by atoms with Gasteiger partial charge < -0.3 is 5.11 Å². The van der Waals surface area contributed by atoms with Crippen LogP contribution >= 0.6 is 0 Å². The van der Waals surface area contributed by atoms with Crippen molar-refractivity contribution in [1.29, 1.82) is 0 Å². The summed E-state index contributed by atoms with van der Waals surface area (Å²) < 4.78 is 2.53. The highest BCUT2D eigenvalue weighted by molar-refractivity contribution is 5.77. The van der Waals surface area contributed by atoms with Crippen LogP contribution in [0, 0.1) is 12.3 Å². The first-order valence-electron chi connectivity index (χ1n) is 7.51. The van der Waals surface area contributed by atoms with Gasteiger partial charge >= 0.3 is 11.7 Å². The van der Waals surface area contributed by atoms with Crippen LogP contribution in [0.2, 0.25) is 0 Å². The Balaban J connectivity index is 2.02. The zero-order valence-electron chi connectivity index (χ0n) is 12.9. The van der Waals surface area contributed by atoms with E-state index >= 15 is 0 Å². The van der Waals surface area contributed by atoms with Crippen molar-refractivity contribution in [2.45, 2.75) is 32.9 Å². The van der Waals surface area contributed by atoms with Crippen molar-refractivity contribution >= 4 is 5.97 Å². The number of aliphatic carboxylic acids is 1. The number of carboxylic acid groups (broad SMARTS) is 1. The summed E-state index contributed by atoms with van der Waals surface area (Å²) in [6.07, 6.45) is 2.54. The molecular weight excluding hydrogens is 296 g/mol. The van der Waals surface area contributed by atoms with Crippen molar-refractivity contribution in [2.75, 3.05) is 0 Å². The maximum absolute atomic E-state index is 12.6. The van der Waals surface area contributed by atoms with Gasteiger partial charge in [-0.05, 0) is 25.3 Å². The highest BCUT2D eigenvalue weighted by Crippen LogP contribution is 2.46. The van der Waals surface area contributed by atoms with Gasteiger partial charge in [0.2, 0.25) is 0 Å². The Kier molecular flexibility index (Phi) is 3.67. The van der Waals surface area contributed by atoms with Gasteiger partial charge in [-0.2, -0.15) is 0 Å². The minimum absolute atomic E-state index is 0.0591. The molecule has 1 aliphatic carbocycles. The number of aryl methyl sites for hydroxylation is 1. The molecule has 0 amide bonds. The second-order valence-corrected chi connectivity index (χ2v) is 6.18. The maximum Gasteiger partial charge on any atom is 0.331 e. The van der Waals surface area contributed by atoms with Crippen LogP contribution < -0.4 is 11.2 Å². The standard InChI is InChI=1S/C17H18N2O4/c1-12-9-18(10-13-5-3-2-4-6-13)16(23)19(14(12)20)11-17(7-8-17)15(21)22/h2-6,9H,7-8,10-11H2,1H3,(H,21,22). The third-order valence-corrected chi connectivity index (χ3v) is 4.37. The van der Waals surface area contributed by atoms with E-state index in [0.717, 1.165) is 10.1 Å². The second-order valence-electron chi connectivity index (χ2n) is 6.18. The first-order valence-corrected chi connectivity index (χ1v) is 7.51. The maximum atomic E-state index is 12.6. The summed E-state index contributed by atoms with van der Waals surface area (Å²) in [5.74, 6) is -0.945. The van der Waals surface area contributed by atoms with E-state index in [1.165, 1.54) is 10.8 Å². The molecule has 1 heterocycles. The van der Waals surface area contributed by atoms with E-state index in [9.17, 15) is 19.5 Å². The van der Waals surface area contributed by atoms with Crippen molar-refractivity contribution in [1.82, 2.24) is 9.13 Å². The third kappa shape index (κ3) is 2.84. The highest BCUT2D eigenvalue weighted by Gasteiger charge is 2.51. The van der Waals surface area contributed by atoms with Gasteiger partial charge in [0, 0.05) is 18.3 Å². The van der Waals surface area contributed by atoms with Gasteiger partial charge in [-0.15, -0.1) is 0 Å². The summed E-state index contributed by atoms with van der Waals surface area (Å²) in [6, 6.07) is 9.45. The van der Waals surface area contributed by atoms with E-state index in [1.807, 2.05) is 30.3 Å². The predicted molar refractivity (Wildman–Crippen MR) is 84.5 cm³/mol. The summed E-state index contributed by atoms with van der Waals surface area (Å²) >= 11 is 0. The topological polar surface area (TPSA) is 81.3 Å². The number of aromatic nitrogens is 2. The van der Waals surface area contributed by atoms with Crippen molar-refractivity contribution in [2.24, 2.45) is 5.41 Å². The molecule has 2 aromatic rings. The zero-order valence-corrected chi connectivity index (χ0v) is 12.9. The molecule has 1 aromatic carbocycles. The molecule has 1 N–H and O–H groups in total. The van der Waals surface area contributed by atoms with Crippen LogP contribution in [0.1, 0.15) is 24.0 Å². The quantitative estimate of drug-likeness (QED) is 0.900. The summed E-state index contributed by atoms with van der Waals surface area (Å²) in [7, 11) is 0. The summed E-state index contributed by atoms with van der Waals surface area (Å²) in [4.78, 5) is 36.2. The molecule has 0 radical (unpaired) electrons. The molecule has 6 heteroatoms. The Morgan fingerprint density at radius 1 is 1.22 bits per heavy atom. The molecule has 1 aromatic heterocycles. The molecule has 120 valence electrons. The normalized spacial score (nSPS) is 15.3. The molecule has 0 unspecified atom stereocenters. The fourth-order valence-corrected chi connectivity index (χ4v) is 2.72. The number of benzene rings is 1. The third-order valence-electron chi connectivity index (χ3n) is 4.37. The molecule has 0 saturated heterocycles. The molecule has 0 aliphatic heterocycles. The van der Waals surface area contributed by atoms with Crippen molar-refractivity contribution < 1.29 is 9.90 Å². The van der Waals surface area contributed by atoms with Gasteiger partial charge in [-0.3, -0.25) is 18.7 Å². The van der Waals surface area contributed by atoms with Crippen molar-refractivity contribution in [3.63, 3.8) is 0 Å². The molecule has 0 atom stereocenters. The molecule has 23 heavy (non-hydrogen) atoms. The first kappa shape index (κ1) is 15.3. The number of hydrogen-bond acceptors (Lipinski definition) is 3. The van der Waals surface area contributed by atoms with Gasteiger partial charge in [0.25, 0.3) is 5.56 Å². The Hall–Kier alpha value is -2.63. The lowest BCUT2D eigenvalue weighted by Gasteiger charge is -2.15. The average molecular weight is 314 g/mol. The van der Waals surface area contributed by atoms with Crippen LogP contribution in [-0.2, 0) is 17.9 Å². The van der Waals surface area contributed by atoms with E-state index in [4.69, 9.17) is 0 Å². The second kappa shape index (κ2) is 5.53. The SMILES string of the molecule is Cc1cn(Cc2ccccc2)c(=O)n(CC2(C(=O)O)CC2)c1=O. The predicted octanol–water partition coefficient (Wildman–Crippen LogP) is 1.23. The lowest BCUT2D eigenvalue weighted by molar-refractivity contribution is -0.143. The minimum atomic E-state index is -0.957. The van der Waals surface area contributed by atoms with Gasteiger partial charge in [-0.1, -0.05) is 30.3 Å². The number of nitrogens with zero attached hydrogens (tertiary/aromatic N) is 2. The summed E-state index contributed by atoms with van der Waals surface area (Å²) in [6.45, 7) is 1.93. The number of carbonyl (C=O) groups is 1. The lowest BCUT2D eigenvalue weighted by atomic mass is 10.1. The van der Waals surface area contributed by atoms with Gasteiger partial charge in [0.1, 0.15) is 0 Å². The smallest absolute Gasteiger partial charge is 0.331 e. The monoisotopic (exact) mass is 314 g/mol. The zero-order chi connectivity index (χ0) is 16.6. The molecule has 1 fully saturated rings. The minimum Gasteiger partial charge on any atom is -0.481 e. The molecule has 6 nitrogen and oxygen atoms in total. The summed E-state index contributed by atoms with van der Waals surface area (Å²) in [5.41, 5.74) is -0.453. The fraction of sp³-hybridized carbons (Fsp3) is 0.353. The van der Waals surface area contributed by atoms with Crippen LogP contribution in [0.3, 0.4) is 0 Å². The Morgan fingerprint density at radius 2 is 1.87 bits per heavy atom. The van der Waals surface area contributed by atoms with E-state index < -0.39 is 22.6 Å². The van der Waals surface area contributed by atoms with Crippen molar-refractivity contribution in [3.8, 4) is 0 Å². The van der Waals surface area contributed by atoms with Crippen LogP contribution in [0.5, 0.6) is 0 Å². The van der Waals surface area contributed by atoms with E-state index in [2.05, 4.69) is 0 Å². The number of rotatable bonds is 5. The number of hydrogen-bond donors (Lipinski definition) is 1. The van der Waals surface area contributed by atoms with Gasteiger partial charge in [-0.25, -0.2) is 4.79 Å². The lowest BCUT2D eigenvalue weighted by Crippen LogP contribution is -2.43. The Labute approximate surface area is 132 Å². The van der Waals surface area contributed by atoms with Crippen LogP contribution in [0.25, 0.3) is 0 Å². The van der Waals surface area contributed by atoms with Gasteiger partial charge in [0.15, 0.2) is 0 Å². The Bertz CT molecular complexity index is 860. The molecule has 3 rings (SSSR count). The average Bonchev–Trinajstić information content (AvgIpc) is 3.31. The number of carboxylic acids is 1. The van der Waals surface area contributed by atoms with Crippen molar-refractivity contribution in [3.05, 3.63) is 68.5 Å². The highest BCUT2D eigenvalue weighted by atomic mass is 16.4. The van der Waals surface area contributed by atoms with E-state index in [0.29, 0.717) is 24.9 Å².